The maximum absolute atomic E-state index is 14.0. The largest absolute Gasteiger partial charge is 0.494 e. The smallest absolute Gasteiger partial charge is 0.326 e. The summed E-state index contributed by atoms with van der Waals surface area (Å²) in [4.78, 5) is 44.6. The van der Waals surface area contributed by atoms with E-state index in [4.69, 9.17) is 4.74 Å². The highest BCUT2D eigenvalue weighted by Crippen LogP contribution is 2.42. The third-order valence-corrected chi connectivity index (χ3v) is 9.94. The number of amides is 2. The minimum atomic E-state index is -2.74. The van der Waals surface area contributed by atoms with Gasteiger partial charge in [0, 0.05) is 94.6 Å². The number of nitrogens with zero attached hydrogens (tertiary/aromatic N) is 8. The molecule has 0 unspecified atom stereocenters. The summed E-state index contributed by atoms with van der Waals surface area (Å²) in [6, 6.07) is 2.90. The topological polar surface area (TPSA) is 123 Å². The number of likely N-dealkylation sites (N-methyl/N-ethyl adjacent to an activating group) is 1. The van der Waals surface area contributed by atoms with Gasteiger partial charge in [-0.15, -0.1) is 0 Å². The number of alkyl halides is 2. The van der Waals surface area contributed by atoms with E-state index in [1.54, 1.807) is 17.2 Å². The maximum atomic E-state index is 14.0. The summed E-state index contributed by atoms with van der Waals surface area (Å²) < 4.78 is 33.7. The monoisotopic (exact) mass is 643 g/mol. The van der Waals surface area contributed by atoms with Gasteiger partial charge in [0.05, 0.1) is 24.3 Å². The molecule has 0 radical (unpaired) electrons. The van der Waals surface area contributed by atoms with Crippen molar-refractivity contribution in [2.75, 3.05) is 75.1 Å². The number of benzene rings is 1. The van der Waals surface area contributed by atoms with Gasteiger partial charge in [-0.3, -0.25) is 19.9 Å². The molecule has 1 aliphatic carbocycles. The predicted molar refractivity (Wildman–Crippen MR) is 170 cm³/mol. The number of piperazine rings is 1. The Morgan fingerprint density at radius 1 is 1.07 bits per heavy atom. The van der Waals surface area contributed by atoms with Crippen LogP contribution >= 0.6 is 0 Å². The highest BCUT2D eigenvalue weighted by atomic mass is 19.3. The Labute approximate surface area is 267 Å². The summed E-state index contributed by atoms with van der Waals surface area (Å²) in [5.74, 6) is -1.85. The molecule has 4 aliphatic rings. The molecular formula is C31H43F2N9O4. The Morgan fingerprint density at radius 3 is 2.39 bits per heavy atom. The normalized spacial score (nSPS) is 21.8. The molecule has 0 spiro atoms. The summed E-state index contributed by atoms with van der Waals surface area (Å²) in [7, 11) is 3.64. The second-order valence-electron chi connectivity index (χ2n) is 12.8. The van der Waals surface area contributed by atoms with Crippen molar-refractivity contribution < 1.29 is 23.2 Å². The molecule has 2 aromatic rings. The molecule has 0 atom stereocenters. The molecule has 13 nitrogen and oxygen atoms in total. The first kappa shape index (κ1) is 32.1. The van der Waals surface area contributed by atoms with E-state index in [1.165, 1.54) is 18.1 Å². The fraction of sp³-hybridized carbons (Fsp3) is 0.645. The SMILES string of the molecule is CCN1Cc2cnc(Nc3cc([N+](=O)[O-])c(N4CCC(N5CCN(C)CC5)CC4)cc3OC)nc2N(C2CCC(F)(F)CC2)C1=O. The second kappa shape index (κ2) is 13.1. The zero-order chi connectivity index (χ0) is 32.6. The fourth-order valence-electron chi connectivity index (χ4n) is 7.16. The Balaban J connectivity index is 1.24. The molecule has 1 N–H and O–H groups in total. The first-order valence-electron chi connectivity index (χ1n) is 16.2. The highest BCUT2D eigenvalue weighted by molar-refractivity contribution is 5.94. The third-order valence-electron chi connectivity index (χ3n) is 9.94. The molecule has 2 amide bonds. The fourth-order valence-corrected chi connectivity index (χ4v) is 7.16. The number of nitrogens with one attached hydrogen (secondary N) is 1. The number of ether oxygens (including phenoxy) is 1. The molecule has 46 heavy (non-hydrogen) atoms. The van der Waals surface area contributed by atoms with Crippen LogP contribution in [0.4, 0.5) is 42.4 Å². The van der Waals surface area contributed by atoms with Crippen molar-refractivity contribution in [3.8, 4) is 5.75 Å². The summed E-state index contributed by atoms with van der Waals surface area (Å²) in [5, 5.41) is 15.4. The number of anilines is 4. The van der Waals surface area contributed by atoms with E-state index in [-0.39, 0.29) is 43.4 Å². The lowest BCUT2D eigenvalue weighted by Crippen LogP contribution is -2.53. The first-order chi connectivity index (χ1) is 22.1. The van der Waals surface area contributed by atoms with Crippen molar-refractivity contribution in [1.29, 1.82) is 0 Å². The average molecular weight is 644 g/mol. The van der Waals surface area contributed by atoms with E-state index >= 15 is 0 Å². The number of aromatic nitrogens is 2. The number of carbonyl (C=O) groups is 1. The molecule has 3 fully saturated rings. The van der Waals surface area contributed by atoms with Crippen LogP contribution in [-0.4, -0.2) is 114 Å². The van der Waals surface area contributed by atoms with Crippen molar-refractivity contribution in [1.82, 2.24) is 24.7 Å². The lowest BCUT2D eigenvalue weighted by molar-refractivity contribution is -0.384. The van der Waals surface area contributed by atoms with Crippen LogP contribution in [0, 0.1) is 10.1 Å². The van der Waals surface area contributed by atoms with Crippen LogP contribution in [0.3, 0.4) is 0 Å². The van der Waals surface area contributed by atoms with Gasteiger partial charge in [0.1, 0.15) is 17.3 Å². The minimum absolute atomic E-state index is 0.0576. The van der Waals surface area contributed by atoms with Gasteiger partial charge in [-0.1, -0.05) is 0 Å². The van der Waals surface area contributed by atoms with E-state index in [0.29, 0.717) is 60.7 Å². The number of halogens is 2. The Bertz CT molecular complexity index is 1440. The number of urea groups is 1. The molecule has 1 aromatic heterocycles. The third kappa shape index (κ3) is 6.52. The quantitative estimate of drug-likeness (QED) is 0.320. The summed E-state index contributed by atoms with van der Waals surface area (Å²) in [6.45, 7) is 8.22. The van der Waals surface area contributed by atoms with Crippen molar-refractivity contribution in [2.24, 2.45) is 0 Å². The number of nitro benzene ring substituents is 1. The number of carbonyl (C=O) groups excluding carboxylic acids is 1. The summed E-state index contributed by atoms with van der Waals surface area (Å²) in [6.07, 6.45) is 3.21. The highest BCUT2D eigenvalue weighted by Gasteiger charge is 2.42. The molecule has 1 aromatic carbocycles. The molecular weight excluding hydrogens is 600 g/mol. The zero-order valence-electron chi connectivity index (χ0n) is 26.8. The number of rotatable bonds is 8. The van der Waals surface area contributed by atoms with Crippen LogP contribution in [0.15, 0.2) is 18.3 Å². The molecule has 0 bridgehead atoms. The van der Waals surface area contributed by atoms with Gasteiger partial charge in [-0.2, -0.15) is 4.98 Å². The Hall–Kier alpha value is -3.85. The number of methoxy groups -OCH3 is 1. The van der Waals surface area contributed by atoms with Crippen LogP contribution in [0.25, 0.3) is 0 Å². The molecule has 2 saturated heterocycles. The van der Waals surface area contributed by atoms with Gasteiger partial charge >= 0.3 is 6.03 Å². The maximum Gasteiger partial charge on any atom is 0.326 e. The Morgan fingerprint density at radius 2 is 1.76 bits per heavy atom. The van der Waals surface area contributed by atoms with Gasteiger partial charge in [-0.25, -0.2) is 18.6 Å². The molecule has 250 valence electrons. The summed E-state index contributed by atoms with van der Waals surface area (Å²) >= 11 is 0. The van der Waals surface area contributed by atoms with Gasteiger partial charge in [0.15, 0.2) is 0 Å². The lowest BCUT2D eigenvalue weighted by Gasteiger charge is -2.42. The van der Waals surface area contributed by atoms with Gasteiger partial charge < -0.3 is 24.8 Å². The van der Waals surface area contributed by atoms with Crippen LogP contribution < -0.4 is 19.9 Å². The van der Waals surface area contributed by atoms with Crippen LogP contribution in [0.1, 0.15) is 51.0 Å². The molecule has 6 rings (SSSR count). The van der Waals surface area contributed by atoms with Crippen LogP contribution in [0.5, 0.6) is 5.75 Å². The Kier molecular flexibility index (Phi) is 9.15. The summed E-state index contributed by atoms with van der Waals surface area (Å²) in [5.41, 5.74) is 1.46. The molecule has 1 saturated carbocycles. The van der Waals surface area contributed by atoms with Gasteiger partial charge in [0.2, 0.25) is 11.9 Å². The predicted octanol–water partition coefficient (Wildman–Crippen LogP) is 4.69. The number of hydrogen-bond acceptors (Lipinski definition) is 10. The number of fused-ring (bicyclic) bond motifs is 1. The van der Waals surface area contributed by atoms with Crippen molar-refractivity contribution in [3.05, 3.63) is 34.0 Å². The number of hydrogen-bond donors (Lipinski definition) is 1. The average Bonchev–Trinajstić information content (AvgIpc) is 3.05. The van der Waals surface area contributed by atoms with Gasteiger partial charge in [-0.05, 0) is 39.7 Å². The molecule has 3 aliphatic heterocycles. The van der Waals surface area contributed by atoms with Crippen LogP contribution in [0.2, 0.25) is 0 Å². The lowest BCUT2D eigenvalue weighted by atomic mass is 9.90. The van der Waals surface area contributed by atoms with E-state index in [2.05, 4.69) is 37.0 Å². The second-order valence-corrected chi connectivity index (χ2v) is 12.8. The molecule has 15 heteroatoms. The van der Waals surface area contributed by atoms with E-state index in [1.807, 2.05) is 6.92 Å². The number of piperidine rings is 1. The first-order valence-corrected chi connectivity index (χ1v) is 16.2. The number of nitro groups is 1. The molecule has 4 heterocycles. The van der Waals surface area contributed by atoms with Crippen LogP contribution in [-0.2, 0) is 6.54 Å². The van der Waals surface area contributed by atoms with Gasteiger partial charge in [0.25, 0.3) is 5.69 Å². The standard InChI is InChI=1S/C31H43F2N9O4/c1-4-38-20-21-19-34-29(36-28(21)41(30(38)43)23-5-9-31(32,33)10-6-23)35-24-17-26(42(44)45)25(18-27(24)46-3)40-11-7-22(8-12-40)39-15-13-37(2)14-16-39/h17-19,22-23H,4-16,20H2,1-3H3,(H,34,35,36). The minimum Gasteiger partial charge on any atom is -0.494 e. The van der Waals surface area contributed by atoms with E-state index < -0.39 is 16.9 Å². The van der Waals surface area contributed by atoms with E-state index in [0.717, 1.165) is 39.0 Å². The van der Waals surface area contributed by atoms with Crippen molar-refractivity contribution >= 4 is 34.9 Å². The van der Waals surface area contributed by atoms with E-state index in [9.17, 15) is 23.7 Å². The van der Waals surface area contributed by atoms with Crippen molar-refractivity contribution in [3.63, 3.8) is 0 Å². The zero-order valence-corrected chi connectivity index (χ0v) is 26.8. The van der Waals surface area contributed by atoms with Crippen molar-refractivity contribution in [2.45, 2.75) is 70.0 Å².